The lowest BCUT2D eigenvalue weighted by Crippen LogP contribution is -2.54. The average Bonchev–Trinajstić information content (AvgIpc) is 2.27. The Morgan fingerprint density at radius 1 is 0.895 bits per heavy atom. The SMILES string of the molecule is FC(c1ccccc1Cl)C(F)(F)C(F)(F)C(F)(F)F. The third-order valence-corrected chi connectivity index (χ3v) is 2.62. The van der Waals surface area contributed by atoms with Crippen LogP contribution in [0.25, 0.3) is 0 Å². The van der Waals surface area contributed by atoms with E-state index in [1.807, 2.05) is 0 Å². The minimum Gasteiger partial charge on any atom is -0.235 e. The fraction of sp³-hybridized carbons (Fsp3) is 0.400. The lowest BCUT2D eigenvalue weighted by Gasteiger charge is -2.30. The minimum absolute atomic E-state index is 0.605. The molecule has 108 valence electrons. The first kappa shape index (κ1) is 16.0. The van der Waals surface area contributed by atoms with Gasteiger partial charge in [-0.3, -0.25) is 0 Å². The Labute approximate surface area is 107 Å². The summed E-state index contributed by atoms with van der Waals surface area (Å²) in [5, 5.41) is -0.673. The molecule has 1 atom stereocenters. The summed E-state index contributed by atoms with van der Waals surface area (Å²) in [7, 11) is 0. The van der Waals surface area contributed by atoms with Crippen LogP contribution in [0, 0.1) is 0 Å². The van der Waals surface area contributed by atoms with E-state index < -0.39 is 34.8 Å². The van der Waals surface area contributed by atoms with E-state index in [0.29, 0.717) is 6.07 Å². The number of hydrogen-bond acceptors (Lipinski definition) is 0. The number of hydrogen-bond donors (Lipinski definition) is 0. The van der Waals surface area contributed by atoms with Crippen molar-refractivity contribution in [3.05, 3.63) is 34.9 Å². The summed E-state index contributed by atoms with van der Waals surface area (Å²) < 4.78 is 100. The Morgan fingerprint density at radius 2 is 1.37 bits per heavy atom. The van der Waals surface area contributed by atoms with Gasteiger partial charge in [0.15, 0.2) is 6.17 Å². The zero-order chi connectivity index (χ0) is 15.1. The van der Waals surface area contributed by atoms with Crippen molar-refractivity contribution in [3.8, 4) is 0 Å². The van der Waals surface area contributed by atoms with Crippen molar-refractivity contribution in [2.45, 2.75) is 24.2 Å². The predicted octanol–water partition coefficient (Wildman–Crippen LogP) is 5.18. The molecular weight excluding hydrogens is 308 g/mol. The molecule has 1 unspecified atom stereocenters. The van der Waals surface area contributed by atoms with E-state index in [9.17, 15) is 35.1 Å². The molecule has 9 heteroatoms. The lowest BCUT2D eigenvalue weighted by molar-refractivity contribution is -0.367. The van der Waals surface area contributed by atoms with Crippen LogP contribution in [0.1, 0.15) is 11.7 Å². The van der Waals surface area contributed by atoms with Crippen molar-refractivity contribution in [1.29, 1.82) is 0 Å². The molecule has 0 aromatic heterocycles. The number of alkyl halides is 8. The Balaban J connectivity index is 3.24. The van der Waals surface area contributed by atoms with Gasteiger partial charge in [0.1, 0.15) is 0 Å². The van der Waals surface area contributed by atoms with Crippen LogP contribution in [0.3, 0.4) is 0 Å². The summed E-state index contributed by atoms with van der Waals surface area (Å²) in [6.45, 7) is 0. The largest absolute Gasteiger partial charge is 0.460 e. The van der Waals surface area contributed by atoms with Gasteiger partial charge in [0.25, 0.3) is 0 Å². The van der Waals surface area contributed by atoms with Gasteiger partial charge in [0.05, 0.1) is 0 Å². The topological polar surface area (TPSA) is 0 Å². The maximum absolute atomic E-state index is 13.4. The standard InChI is InChI=1S/C10H5ClF8/c11-6-4-2-1-3-5(6)7(12)8(13,14)9(15,16)10(17,18)19/h1-4,7H. The molecule has 0 N–H and O–H groups in total. The highest BCUT2D eigenvalue weighted by molar-refractivity contribution is 6.31. The molecule has 0 aliphatic rings. The van der Waals surface area contributed by atoms with Crippen molar-refractivity contribution in [3.63, 3.8) is 0 Å². The van der Waals surface area contributed by atoms with Crippen LogP contribution in [0.2, 0.25) is 5.02 Å². The normalized spacial score (nSPS) is 15.4. The first-order chi connectivity index (χ1) is 8.43. The molecule has 0 bridgehead atoms. The van der Waals surface area contributed by atoms with Crippen LogP contribution in [0.15, 0.2) is 24.3 Å². The first-order valence-electron chi connectivity index (χ1n) is 4.63. The van der Waals surface area contributed by atoms with E-state index in [1.54, 1.807) is 0 Å². The predicted molar refractivity (Wildman–Crippen MR) is 51.2 cm³/mol. The zero-order valence-corrected chi connectivity index (χ0v) is 9.54. The van der Waals surface area contributed by atoms with Gasteiger partial charge in [0.2, 0.25) is 0 Å². The van der Waals surface area contributed by atoms with E-state index in [2.05, 4.69) is 0 Å². The van der Waals surface area contributed by atoms with E-state index in [-0.39, 0.29) is 0 Å². The monoisotopic (exact) mass is 312 g/mol. The second-order valence-electron chi connectivity index (χ2n) is 3.58. The van der Waals surface area contributed by atoms with Crippen molar-refractivity contribution in [2.75, 3.05) is 0 Å². The molecule has 0 fully saturated rings. The summed E-state index contributed by atoms with van der Waals surface area (Å²) in [6, 6.07) is 3.66. The van der Waals surface area contributed by atoms with Crippen LogP contribution in [-0.4, -0.2) is 18.0 Å². The van der Waals surface area contributed by atoms with E-state index >= 15 is 0 Å². The molecular formula is C10H5ClF8. The third kappa shape index (κ3) is 2.63. The van der Waals surface area contributed by atoms with Crippen molar-refractivity contribution in [2.24, 2.45) is 0 Å². The van der Waals surface area contributed by atoms with Crippen molar-refractivity contribution in [1.82, 2.24) is 0 Å². The Morgan fingerprint density at radius 3 is 1.79 bits per heavy atom. The zero-order valence-electron chi connectivity index (χ0n) is 8.79. The highest BCUT2D eigenvalue weighted by Gasteiger charge is 2.76. The summed E-state index contributed by atoms with van der Waals surface area (Å²) in [5.41, 5.74) is -1.14. The molecule has 0 aliphatic heterocycles. The van der Waals surface area contributed by atoms with Crippen molar-refractivity contribution < 1.29 is 35.1 Å². The quantitative estimate of drug-likeness (QED) is 0.674. The fourth-order valence-corrected chi connectivity index (χ4v) is 1.46. The molecule has 0 aliphatic carbocycles. The fourth-order valence-electron chi connectivity index (χ4n) is 1.22. The number of halogens is 9. The Kier molecular flexibility index (Phi) is 4.05. The molecule has 1 aromatic rings. The molecule has 0 radical (unpaired) electrons. The highest BCUT2D eigenvalue weighted by Crippen LogP contribution is 2.53. The van der Waals surface area contributed by atoms with E-state index in [0.717, 1.165) is 12.1 Å². The van der Waals surface area contributed by atoms with Crippen LogP contribution >= 0.6 is 11.6 Å². The van der Waals surface area contributed by atoms with Gasteiger partial charge in [-0.1, -0.05) is 29.8 Å². The molecule has 1 aromatic carbocycles. The maximum Gasteiger partial charge on any atom is 0.460 e. The molecule has 0 saturated carbocycles. The van der Waals surface area contributed by atoms with Gasteiger partial charge in [-0.2, -0.15) is 30.7 Å². The summed E-state index contributed by atoms with van der Waals surface area (Å²) in [6.07, 6.45) is -10.5. The average molecular weight is 313 g/mol. The smallest absolute Gasteiger partial charge is 0.235 e. The van der Waals surface area contributed by atoms with Crippen LogP contribution in [0.5, 0.6) is 0 Å². The maximum atomic E-state index is 13.4. The molecule has 19 heavy (non-hydrogen) atoms. The highest BCUT2D eigenvalue weighted by atomic mass is 35.5. The summed E-state index contributed by atoms with van der Waals surface area (Å²) in [4.78, 5) is 0. The Bertz CT molecular complexity index is 453. The van der Waals surface area contributed by atoms with Gasteiger partial charge >= 0.3 is 18.0 Å². The van der Waals surface area contributed by atoms with Crippen LogP contribution < -0.4 is 0 Å². The van der Waals surface area contributed by atoms with Gasteiger partial charge < -0.3 is 0 Å². The second kappa shape index (κ2) is 4.81. The lowest BCUT2D eigenvalue weighted by atomic mass is 9.99. The molecule has 0 saturated heterocycles. The molecule has 0 spiro atoms. The van der Waals surface area contributed by atoms with E-state index in [4.69, 9.17) is 11.6 Å². The Hall–Kier alpha value is -1.05. The van der Waals surface area contributed by atoms with Gasteiger partial charge in [-0.15, -0.1) is 0 Å². The third-order valence-electron chi connectivity index (χ3n) is 2.27. The van der Waals surface area contributed by atoms with Gasteiger partial charge in [0, 0.05) is 10.6 Å². The van der Waals surface area contributed by atoms with E-state index in [1.165, 1.54) is 6.07 Å². The molecule has 0 amide bonds. The second-order valence-corrected chi connectivity index (χ2v) is 3.99. The molecule has 0 heterocycles. The van der Waals surface area contributed by atoms with Gasteiger partial charge in [-0.05, 0) is 6.07 Å². The van der Waals surface area contributed by atoms with Crippen LogP contribution in [-0.2, 0) is 0 Å². The number of benzene rings is 1. The van der Waals surface area contributed by atoms with Crippen molar-refractivity contribution >= 4 is 11.6 Å². The van der Waals surface area contributed by atoms with Gasteiger partial charge in [-0.25, -0.2) is 4.39 Å². The summed E-state index contributed by atoms with van der Waals surface area (Å²) >= 11 is 5.29. The number of rotatable bonds is 3. The summed E-state index contributed by atoms with van der Waals surface area (Å²) in [5.74, 6) is -12.5. The minimum atomic E-state index is -6.58. The molecule has 0 nitrogen and oxygen atoms in total. The van der Waals surface area contributed by atoms with Crippen LogP contribution in [0.4, 0.5) is 35.1 Å². The molecule has 1 rings (SSSR count). The first-order valence-corrected chi connectivity index (χ1v) is 5.01.